The van der Waals surface area contributed by atoms with E-state index < -0.39 is 0 Å². The van der Waals surface area contributed by atoms with Crippen molar-refractivity contribution in [2.24, 2.45) is 0 Å². The molecule has 0 unspecified atom stereocenters. The van der Waals surface area contributed by atoms with Gasteiger partial charge < -0.3 is 4.74 Å². The van der Waals surface area contributed by atoms with Gasteiger partial charge in [-0.2, -0.15) is 0 Å². The highest BCUT2D eigenvalue weighted by Gasteiger charge is 2.18. The van der Waals surface area contributed by atoms with Crippen LogP contribution in [0.15, 0.2) is 78.2 Å². The molecule has 1 heterocycles. The number of carbonyl (C=O) groups excluding carboxylic acids is 1. The largest absolute Gasteiger partial charge is 0.457 e. The summed E-state index contributed by atoms with van der Waals surface area (Å²) in [6.45, 7) is 0. The molecular weight excluding hydrogens is 416 g/mol. The number of amides is 1. The second kappa shape index (κ2) is 8.97. The average Bonchev–Trinajstić information content (AvgIpc) is 3.34. The number of anilines is 1. The SMILES string of the molecule is CN(C(=O)c1ccc(Oc2ccccc2)cc1)c1nc(-c2ccc3c(c2)CCCC3)cs1. The van der Waals surface area contributed by atoms with E-state index in [-0.39, 0.29) is 5.91 Å². The number of rotatable bonds is 5. The third-order valence-electron chi connectivity index (χ3n) is 5.81. The number of hydrogen-bond donors (Lipinski definition) is 0. The van der Waals surface area contributed by atoms with Crippen molar-refractivity contribution in [3.63, 3.8) is 0 Å². The van der Waals surface area contributed by atoms with Crippen molar-refractivity contribution in [1.29, 1.82) is 0 Å². The van der Waals surface area contributed by atoms with Gasteiger partial charge >= 0.3 is 0 Å². The van der Waals surface area contributed by atoms with E-state index in [2.05, 4.69) is 18.2 Å². The molecule has 3 aromatic carbocycles. The number of carbonyl (C=O) groups is 1. The lowest BCUT2D eigenvalue weighted by atomic mass is 9.90. The fourth-order valence-corrected chi connectivity index (χ4v) is 4.81. The van der Waals surface area contributed by atoms with Gasteiger partial charge in [0.25, 0.3) is 5.91 Å². The Labute approximate surface area is 192 Å². The fourth-order valence-electron chi connectivity index (χ4n) is 4.01. The van der Waals surface area contributed by atoms with Crippen molar-refractivity contribution < 1.29 is 9.53 Å². The van der Waals surface area contributed by atoms with Crippen molar-refractivity contribution in [1.82, 2.24) is 4.98 Å². The maximum Gasteiger partial charge on any atom is 0.259 e. The standard InChI is InChI=1S/C27H24N2O2S/c1-29(26(30)20-13-15-24(16-14-20)31-23-9-3-2-4-10-23)27-28-25(18-32-27)22-12-11-19-7-5-6-8-21(19)17-22/h2-4,9-18H,5-8H2,1H3. The lowest BCUT2D eigenvalue weighted by Gasteiger charge is -2.16. The Morgan fingerprint density at radius 3 is 2.41 bits per heavy atom. The van der Waals surface area contributed by atoms with Crippen LogP contribution in [0.4, 0.5) is 5.13 Å². The second-order valence-corrected chi connectivity index (χ2v) is 8.85. The Morgan fingerprint density at radius 1 is 0.906 bits per heavy atom. The number of ether oxygens (including phenoxy) is 1. The van der Waals surface area contributed by atoms with Gasteiger partial charge in [-0.1, -0.05) is 30.3 Å². The quantitative estimate of drug-likeness (QED) is 0.344. The molecule has 0 fully saturated rings. The third kappa shape index (κ3) is 4.30. The molecule has 5 heteroatoms. The predicted octanol–water partition coefficient (Wildman–Crippen LogP) is 6.76. The summed E-state index contributed by atoms with van der Waals surface area (Å²) in [5.74, 6) is 1.36. The molecule has 1 aliphatic carbocycles. The second-order valence-electron chi connectivity index (χ2n) is 8.01. The Morgan fingerprint density at radius 2 is 1.62 bits per heavy atom. The molecule has 0 atom stereocenters. The van der Waals surface area contributed by atoms with Crippen LogP contribution in [0.3, 0.4) is 0 Å². The minimum atomic E-state index is -0.0948. The first-order valence-corrected chi connectivity index (χ1v) is 11.7. The van der Waals surface area contributed by atoms with E-state index in [1.807, 2.05) is 47.8 Å². The van der Waals surface area contributed by atoms with Crippen molar-refractivity contribution in [3.05, 3.63) is 94.9 Å². The summed E-state index contributed by atoms with van der Waals surface area (Å²) in [6, 6.07) is 23.4. The number of para-hydroxylation sites is 1. The van der Waals surface area contributed by atoms with Crippen LogP contribution in [0.25, 0.3) is 11.3 Å². The van der Waals surface area contributed by atoms with Crippen molar-refractivity contribution >= 4 is 22.4 Å². The molecule has 0 N–H and O–H groups in total. The van der Waals surface area contributed by atoms with Crippen LogP contribution in [0, 0.1) is 0 Å². The number of nitrogens with zero attached hydrogens (tertiary/aromatic N) is 2. The summed E-state index contributed by atoms with van der Waals surface area (Å²) < 4.78 is 5.81. The smallest absolute Gasteiger partial charge is 0.259 e. The van der Waals surface area contributed by atoms with Gasteiger partial charge in [-0.3, -0.25) is 9.69 Å². The molecule has 32 heavy (non-hydrogen) atoms. The van der Waals surface area contributed by atoms with E-state index >= 15 is 0 Å². The highest BCUT2D eigenvalue weighted by molar-refractivity contribution is 7.14. The van der Waals surface area contributed by atoms with Crippen molar-refractivity contribution in [2.45, 2.75) is 25.7 Å². The summed E-state index contributed by atoms with van der Waals surface area (Å²) >= 11 is 1.49. The molecule has 1 amide bonds. The molecule has 160 valence electrons. The van der Waals surface area contributed by atoms with Crippen LogP contribution in [0.5, 0.6) is 11.5 Å². The minimum absolute atomic E-state index is 0.0948. The van der Waals surface area contributed by atoms with Crippen LogP contribution < -0.4 is 9.64 Å². The molecular formula is C27H24N2O2S. The third-order valence-corrected chi connectivity index (χ3v) is 6.73. The number of thiazole rings is 1. The lowest BCUT2D eigenvalue weighted by Crippen LogP contribution is -2.26. The Balaban J connectivity index is 1.30. The van der Waals surface area contributed by atoms with E-state index in [0.29, 0.717) is 16.4 Å². The molecule has 1 aromatic heterocycles. The van der Waals surface area contributed by atoms with E-state index in [1.54, 1.807) is 24.1 Å². The van der Waals surface area contributed by atoms with E-state index in [0.717, 1.165) is 23.4 Å². The monoisotopic (exact) mass is 440 g/mol. The van der Waals surface area contributed by atoms with Crippen LogP contribution in [0.1, 0.15) is 34.3 Å². The maximum absolute atomic E-state index is 13.0. The summed E-state index contributed by atoms with van der Waals surface area (Å²) in [7, 11) is 1.77. The number of fused-ring (bicyclic) bond motifs is 1. The van der Waals surface area contributed by atoms with Gasteiger partial charge in [-0.15, -0.1) is 11.3 Å². The molecule has 4 aromatic rings. The number of aryl methyl sites for hydroxylation is 2. The Bertz CT molecular complexity index is 1230. The molecule has 0 saturated heterocycles. The van der Waals surface area contributed by atoms with E-state index in [4.69, 9.17) is 9.72 Å². The zero-order chi connectivity index (χ0) is 21.9. The Hall–Kier alpha value is -3.44. The molecule has 4 nitrogen and oxygen atoms in total. The first kappa shape index (κ1) is 20.5. The number of hydrogen-bond acceptors (Lipinski definition) is 4. The molecule has 0 spiro atoms. The molecule has 0 aliphatic heterocycles. The molecule has 1 aliphatic rings. The van der Waals surface area contributed by atoms with Gasteiger partial charge in [0.15, 0.2) is 5.13 Å². The van der Waals surface area contributed by atoms with Crippen LogP contribution >= 0.6 is 11.3 Å². The average molecular weight is 441 g/mol. The van der Waals surface area contributed by atoms with Gasteiger partial charge in [-0.25, -0.2) is 4.98 Å². The van der Waals surface area contributed by atoms with E-state index in [1.165, 1.54) is 41.7 Å². The van der Waals surface area contributed by atoms with Crippen LogP contribution in [-0.2, 0) is 12.8 Å². The van der Waals surface area contributed by atoms with Gasteiger partial charge in [0.05, 0.1) is 5.69 Å². The van der Waals surface area contributed by atoms with Gasteiger partial charge in [0.2, 0.25) is 0 Å². The fraction of sp³-hybridized carbons (Fsp3) is 0.185. The number of benzene rings is 3. The molecule has 0 bridgehead atoms. The van der Waals surface area contributed by atoms with Gasteiger partial charge in [0.1, 0.15) is 11.5 Å². The number of aromatic nitrogens is 1. The predicted molar refractivity (Wildman–Crippen MR) is 130 cm³/mol. The summed E-state index contributed by atoms with van der Waals surface area (Å²) in [5.41, 5.74) is 5.53. The summed E-state index contributed by atoms with van der Waals surface area (Å²) in [4.78, 5) is 19.4. The van der Waals surface area contributed by atoms with Gasteiger partial charge in [0, 0.05) is 23.6 Å². The molecule has 0 radical (unpaired) electrons. The zero-order valence-corrected chi connectivity index (χ0v) is 18.8. The maximum atomic E-state index is 13.0. The highest BCUT2D eigenvalue weighted by atomic mass is 32.1. The zero-order valence-electron chi connectivity index (χ0n) is 18.0. The minimum Gasteiger partial charge on any atom is -0.457 e. The first-order valence-electron chi connectivity index (χ1n) is 10.9. The Kier molecular flexibility index (Phi) is 5.73. The lowest BCUT2D eigenvalue weighted by molar-refractivity contribution is 0.0993. The van der Waals surface area contributed by atoms with E-state index in [9.17, 15) is 4.79 Å². The van der Waals surface area contributed by atoms with Crippen molar-refractivity contribution in [3.8, 4) is 22.8 Å². The van der Waals surface area contributed by atoms with Crippen LogP contribution in [0.2, 0.25) is 0 Å². The van der Waals surface area contributed by atoms with Crippen LogP contribution in [-0.4, -0.2) is 17.9 Å². The summed E-state index contributed by atoms with van der Waals surface area (Å²) in [5, 5.41) is 2.72. The highest BCUT2D eigenvalue weighted by Crippen LogP contribution is 2.31. The molecule has 0 saturated carbocycles. The topological polar surface area (TPSA) is 42.4 Å². The summed E-state index contributed by atoms with van der Waals surface area (Å²) in [6.07, 6.45) is 4.84. The van der Waals surface area contributed by atoms with Crippen molar-refractivity contribution in [2.75, 3.05) is 11.9 Å². The normalized spacial score (nSPS) is 12.8. The van der Waals surface area contributed by atoms with Gasteiger partial charge in [-0.05, 0) is 79.3 Å². The first-order chi connectivity index (χ1) is 15.7. The molecule has 5 rings (SSSR count).